The molecular formula is C17H17F2NO. The first kappa shape index (κ1) is 15.2. The first-order valence-electron chi connectivity index (χ1n) is 6.83. The van der Waals surface area contributed by atoms with Crippen LogP contribution in [0.2, 0.25) is 0 Å². The fourth-order valence-electron chi connectivity index (χ4n) is 2.15. The summed E-state index contributed by atoms with van der Waals surface area (Å²) >= 11 is 0. The second-order valence-corrected chi connectivity index (χ2v) is 5.00. The normalized spacial score (nSPS) is 12.0. The summed E-state index contributed by atoms with van der Waals surface area (Å²) in [6.45, 7) is 3.93. The van der Waals surface area contributed by atoms with Crippen molar-refractivity contribution in [2.75, 3.05) is 0 Å². The molecule has 2 nitrogen and oxygen atoms in total. The van der Waals surface area contributed by atoms with E-state index in [0.717, 1.165) is 29.3 Å². The van der Waals surface area contributed by atoms with Crippen LogP contribution < -0.4 is 5.32 Å². The van der Waals surface area contributed by atoms with Crippen LogP contribution in [0.15, 0.2) is 42.5 Å². The van der Waals surface area contributed by atoms with Gasteiger partial charge in [0.1, 0.15) is 11.6 Å². The van der Waals surface area contributed by atoms with E-state index in [9.17, 15) is 13.6 Å². The summed E-state index contributed by atoms with van der Waals surface area (Å²) in [4.78, 5) is 12.1. The molecule has 1 amide bonds. The topological polar surface area (TPSA) is 29.1 Å². The number of rotatable bonds is 4. The Morgan fingerprint density at radius 3 is 2.19 bits per heavy atom. The Morgan fingerprint density at radius 1 is 1.10 bits per heavy atom. The van der Waals surface area contributed by atoms with E-state index in [0.29, 0.717) is 6.42 Å². The molecule has 110 valence electrons. The van der Waals surface area contributed by atoms with Gasteiger partial charge < -0.3 is 5.32 Å². The molecule has 0 bridgehead atoms. The Balaban J connectivity index is 2.18. The number of carbonyl (C=O) groups excluding carboxylic acids is 1. The van der Waals surface area contributed by atoms with Gasteiger partial charge in [-0.2, -0.15) is 0 Å². The minimum atomic E-state index is -0.761. The predicted octanol–water partition coefficient (Wildman–Crippen LogP) is 4.15. The highest BCUT2D eigenvalue weighted by Crippen LogP contribution is 2.18. The number of halogens is 2. The van der Waals surface area contributed by atoms with Gasteiger partial charge in [0.15, 0.2) is 0 Å². The van der Waals surface area contributed by atoms with Crippen LogP contribution in [-0.2, 0) is 0 Å². The average Bonchev–Trinajstić information content (AvgIpc) is 2.44. The smallest absolute Gasteiger partial charge is 0.251 e. The summed E-state index contributed by atoms with van der Waals surface area (Å²) < 4.78 is 26.3. The molecule has 0 aliphatic heterocycles. The summed E-state index contributed by atoms with van der Waals surface area (Å²) in [6.07, 6.45) is 0.687. The summed E-state index contributed by atoms with van der Waals surface area (Å²) in [7, 11) is 0. The molecule has 0 unspecified atom stereocenters. The maximum absolute atomic E-state index is 13.2. The van der Waals surface area contributed by atoms with Crippen molar-refractivity contribution in [1.82, 2.24) is 5.32 Å². The van der Waals surface area contributed by atoms with E-state index >= 15 is 0 Å². The van der Waals surface area contributed by atoms with E-state index in [2.05, 4.69) is 5.32 Å². The first-order chi connectivity index (χ1) is 9.99. The molecule has 0 saturated carbocycles. The zero-order valence-corrected chi connectivity index (χ0v) is 12.0. The van der Waals surface area contributed by atoms with E-state index in [4.69, 9.17) is 0 Å². The summed E-state index contributed by atoms with van der Waals surface area (Å²) in [6, 6.07) is 10.4. The molecule has 0 aliphatic carbocycles. The van der Waals surface area contributed by atoms with Crippen molar-refractivity contribution in [2.45, 2.75) is 26.3 Å². The van der Waals surface area contributed by atoms with Crippen LogP contribution in [0.1, 0.15) is 40.9 Å². The van der Waals surface area contributed by atoms with Crippen molar-refractivity contribution in [3.63, 3.8) is 0 Å². The molecule has 0 radical (unpaired) electrons. The highest BCUT2D eigenvalue weighted by atomic mass is 19.1. The van der Waals surface area contributed by atoms with Crippen LogP contribution in [0, 0.1) is 18.6 Å². The number of hydrogen-bond acceptors (Lipinski definition) is 1. The van der Waals surface area contributed by atoms with Gasteiger partial charge in [0, 0.05) is 11.6 Å². The Bertz CT molecular complexity index is 617. The van der Waals surface area contributed by atoms with Gasteiger partial charge in [0.05, 0.1) is 6.04 Å². The second kappa shape index (κ2) is 6.48. The van der Waals surface area contributed by atoms with Crippen molar-refractivity contribution in [3.05, 3.63) is 70.8 Å². The van der Waals surface area contributed by atoms with Gasteiger partial charge in [0.2, 0.25) is 0 Å². The SMILES string of the molecule is CC[C@@H](NC(=O)c1cc(F)cc(F)c1)c1ccc(C)cc1. The molecule has 0 saturated heterocycles. The minimum absolute atomic E-state index is 0.0157. The second-order valence-electron chi connectivity index (χ2n) is 5.00. The zero-order valence-electron chi connectivity index (χ0n) is 12.0. The third-order valence-electron chi connectivity index (χ3n) is 3.32. The van der Waals surface area contributed by atoms with Crippen molar-refractivity contribution in [1.29, 1.82) is 0 Å². The van der Waals surface area contributed by atoms with Crippen LogP contribution in [0.4, 0.5) is 8.78 Å². The molecule has 0 fully saturated rings. The molecule has 0 spiro atoms. The third kappa shape index (κ3) is 3.88. The maximum atomic E-state index is 13.2. The first-order valence-corrected chi connectivity index (χ1v) is 6.83. The lowest BCUT2D eigenvalue weighted by molar-refractivity contribution is 0.0934. The molecular weight excluding hydrogens is 272 g/mol. The van der Waals surface area contributed by atoms with Crippen LogP contribution in [-0.4, -0.2) is 5.91 Å². The van der Waals surface area contributed by atoms with Crippen LogP contribution >= 0.6 is 0 Å². The van der Waals surface area contributed by atoms with E-state index in [1.807, 2.05) is 38.1 Å². The quantitative estimate of drug-likeness (QED) is 0.900. The number of benzene rings is 2. The van der Waals surface area contributed by atoms with Crippen molar-refractivity contribution in [2.24, 2.45) is 0 Å². The predicted molar refractivity (Wildman–Crippen MR) is 78.0 cm³/mol. The number of carbonyl (C=O) groups is 1. The number of amides is 1. The molecule has 4 heteroatoms. The number of aryl methyl sites for hydroxylation is 1. The molecule has 2 rings (SSSR count). The van der Waals surface area contributed by atoms with Gasteiger partial charge in [-0.05, 0) is 31.0 Å². The lowest BCUT2D eigenvalue weighted by Gasteiger charge is -2.18. The number of hydrogen-bond donors (Lipinski definition) is 1. The fraction of sp³-hybridized carbons (Fsp3) is 0.235. The van der Waals surface area contributed by atoms with Crippen LogP contribution in [0.25, 0.3) is 0 Å². The maximum Gasteiger partial charge on any atom is 0.251 e. The third-order valence-corrected chi connectivity index (χ3v) is 3.32. The van der Waals surface area contributed by atoms with Gasteiger partial charge >= 0.3 is 0 Å². The summed E-state index contributed by atoms with van der Waals surface area (Å²) in [5.41, 5.74) is 2.08. The average molecular weight is 289 g/mol. The molecule has 0 aromatic heterocycles. The Labute approximate surface area is 122 Å². The molecule has 2 aromatic rings. The highest BCUT2D eigenvalue weighted by molar-refractivity contribution is 5.94. The number of nitrogens with one attached hydrogen (secondary N) is 1. The zero-order chi connectivity index (χ0) is 15.4. The monoisotopic (exact) mass is 289 g/mol. The van der Waals surface area contributed by atoms with Crippen molar-refractivity contribution in [3.8, 4) is 0 Å². The molecule has 1 N–H and O–H groups in total. The molecule has 1 atom stereocenters. The van der Waals surface area contributed by atoms with Crippen molar-refractivity contribution < 1.29 is 13.6 Å². The van der Waals surface area contributed by atoms with Gasteiger partial charge in [-0.3, -0.25) is 4.79 Å². The standard InChI is InChI=1S/C17H17F2NO/c1-3-16(12-6-4-11(2)5-7-12)20-17(21)13-8-14(18)10-15(19)9-13/h4-10,16H,3H2,1-2H3,(H,20,21)/t16-/m1/s1. The Hall–Kier alpha value is -2.23. The summed E-state index contributed by atoms with van der Waals surface area (Å²) in [5, 5.41) is 2.80. The molecule has 21 heavy (non-hydrogen) atoms. The molecule has 0 aliphatic rings. The van der Waals surface area contributed by atoms with Gasteiger partial charge in [-0.25, -0.2) is 8.78 Å². The van der Waals surface area contributed by atoms with E-state index in [1.54, 1.807) is 0 Å². The fourth-order valence-corrected chi connectivity index (χ4v) is 2.15. The molecule has 2 aromatic carbocycles. The van der Waals surface area contributed by atoms with Crippen LogP contribution in [0.3, 0.4) is 0 Å². The van der Waals surface area contributed by atoms with E-state index in [1.165, 1.54) is 0 Å². The Kier molecular flexibility index (Phi) is 4.68. The van der Waals surface area contributed by atoms with E-state index in [-0.39, 0.29) is 11.6 Å². The van der Waals surface area contributed by atoms with Crippen molar-refractivity contribution >= 4 is 5.91 Å². The van der Waals surface area contributed by atoms with Gasteiger partial charge in [0.25, 0.3) is 5.91 Å². The largest absolute Gasteiger partial charge is 0.345 e. The Morgan fingerprint density at radius 2 is 1.67 bits per heavy atom. The summed E-state index contributed by atoms with van der Waals surface area (Å²) in [5.74, 6) is -2.01. The lowest BCUT2D eigenvalue weighted by Crippen LogP contribution is -2.28. The minimum Gasteiger partial charge on any atom is -0.345 e. The van der Waals surface area contributed by atoms with Crippen LogP contribution in [0.5, 0.6) is 0 Å². The van der Waals surface area contributed by atoms with Gasteiger partial charge in [-0.1, -0.05) is 36.8 Å². The molecule has 0 heterocycles. The van der Waals surface area contributed by atoms with Gasteiger partial charge in [-0.15, -0.1) is 0 Å². The van der Waals surface area contributed by atoms with E-state index < -0.39 is 17.5 Å². The lowest BCUT2D eigenvalue weighted by atomic mass is 10.0. The highest BCUT2D eigenvalue weighted by Gasteiger charge is 2.15.